The van der Waals surface area contributed by atoms with Crippen molar-refractivity contribution in [3.8, 4) is 0 Å². The number of hydrogen-bond donors (Lipinski definition) is 0. The Hall–Kier alpha value is -1.59. The first-order valence-electron chi connectivity index (χ1n) is 25.2. The van der Waals surface area contributed by atoms with E-state index in [4.69, 9.17) is 14.2 Å². The van der Waals surface area contributed by atoms with Crippen LogP contribution in [0.25, 0.3) is 0 Å². The van der Waals surface area contributed by atoms with Crippen molar-refractivity contribution in [1.82, 2.24) is 0 Å². The van der Waals surface area contributed by atoms with Gasteiger partial charge in [0.05, 0.1) is 0 Å². The molecule has 0 aromatic rings. The lowest BCUT2D eigenvalue weighted by atomic mass is 10.0. The van der Waals surface area contributed by atoms with Gasteiger partial charge in [-0.25, -0.2) is 0 Å². The zero-order valence-corrected chi connectivity index (χ0v) is 39.0. The second kappa shape index (κ2) is 44.0. The Kier molecular flexibility index (Phi) is 42.7. The van der Waals surface area contributed by atoms with Crippen LogP contribution in [0.3, 0.4) is 0 Å². The summed E-state index contributed by atoms with van der Waals surface area (Å²) in [5.74, 6) is 0.807. The highest BCUT2D eigenvalue weighted by Gasteiger charge is 2.19. The summed E-state index contributed by atoms with van der Waals surface area (Å²) in [7, 11) is 0. The van der Waals surface area contributed by atoms with Crippen LogP contribution in [0.2, 0.25) is 0 Å². The monoisotopic (exact) mass is 807 g/mol. The molecule has 0 aliphatic carbocycles. The Balaban J connectivity index is 4.27. The van der Waals surface area contributed by atoms with Gasteiger partial charge in [-0.05, 0) is 31.1 Å². The largest absolute Gasteiger partial charge is 0.462 e. The molecular weight excluding hydrogens is 709 g/mol. The molecule has 0 amide bonds. The SMILES string of the molecule is CCCCCCCCCCCCC(=O)O[C@@H](COC(=O)CCCCCCCCCCCCCCCC(C)C)COC(=O)CCCCCCCCCCCCC(C)C. The smallest absolute Gasteiger partial charge is 0.306 e. The molecule has 0 aromatic heterocycles. The van der Waals surface area contributed by atoms with Crippen molar-refractivity contribution >= 4 is 17.9 Å². The molecule has 0 unspecified atom stereocenters. The lowest BCUT2D eigenvalue weighted by molar-refractivity contribution is -0.167. The summed E-state index contributed by atoms with van der Waals surface area (Å²) in [6.45, 7) is 11.4. The van der Waals surface area contributed by atoms with Gasteiger partial charge in [0.15, 0.2) is 6.10 Å². The van der Waals surface area contributed by atoms with E-state index in [9.17, 15) is 14.4 Å². The molecular formula is C51H98O6. The minimum absolute atomic E-state index is 0.0639. The molecule has 0 fully saturated rings. The summed E-state index contributed by atoms with van der Waals surface area (Å²) in [5.41, 5.74) is 0. The fourth-order valence-electron chi connectivity index (χ4n) is 7.64. The van der Waals surface area contributed by atoms with Gasteiger partial charge in [0, 0.05) is 19.3 Å². The highest BCUT2D eigenvalue weighted by atomic mass is 16.6. The Morgan fingerprint density at radius 1 is 0.333 bits per heavy atom. The second-order valence-corrected chi connectivity index (χ2v) is 18.4. The summed E-state index contributed by atoms with van der Waals surface area (Å²) in [4.78, 5) is 37.8. The average molecular weight is 807 g/mol. The highest BCUT2D eigenvalue weighted by Crippen LogP contribution is 2.17. The van der Waals surface area contributed by atoms with E-state index in [0.29, 0.717) is 19.3 Å². The van der Waals surface area contributed by atoms with Gasteiger partial charge in [-0.1, -0.05) is 240 Å². The maximum absolute atomic E-state index is 12.7. The van der Waals surface area contributed by atoms with Gasteiger partial charge in [0.1, 0.15) is 13.2 Å². The van der Waals surface area contributed by atoms with Crippen LogP contribution in [0.5, 0.6) is 0 Å². The normalized spacial score (nSPS) is 12.1. The fraction of sp³-hybridized carbons (Fsp3) is 0.941. The van der Waals surface area contributed by atoms with E-state index >= 15 is 0 Å². The lowest BCUT2D eigenvalue weighted by Gasteiger charge is -2.18. The Morgan fingerprint density at radius 2 is 0.579 bits per heavy atom. The number of carbonyl (C=O) groups excluding carboxylic acids is 3. The Bertz CT molecular complexity index is 870. The molecule has 6 heteroatoms. The van der Waals surface area contributed by atoms with E-state index in [1.165, 1.54) is 167 Å². The van der Waals surface area contributed by atoms with E-state index in [2.05, 4.69) is 34.6 Å². The number of unbranched alkanes of at least 4 members (excludes halogenated alkanes) is 30. The molecule has 0 rings (SSSR count). The zero-order valence-electron chi connectivity index (χ0n) is 39.0. The van der Waals surface area contributed by atoms with Crippen LogP contribution < -0.4 is 0 Å². The van der Waals surface area contributed by atoms with Crippen LogP contribution in [0.15, 0.2) is 0 Å². The molecule has 0 heterocycles. The molecule has 0 aliphatic heterocycles. The number of carbonyl (C=O) groups is 3. The standard InChI is InChI=1S/C51H98O6/c1-6-7-8-9-10-11-21-28-33-38-43-51(54)57-48(45-56-50(53)42-37-32-27-23-18-17-20-25-30-35-40-47(4)5)44-55-49(52)41-36-31-26-22-16-14-12-13-15-19-24-29-34-39-46(2)3/h46-48H,6-45H2,1-5H3/t48-/m0/s1. The molecule has 0 radical (unpaired) electrons. The highest BCUT2D eigenvalue weighted by molar-refractivity contribution is 5.71. The third kappa shape index (κ3) is 45.3. The van der Waals surface area contributed by atoms with E-state index in [0.717, 1.165) is 69.6 Å². The third-order valence-corrected chi connectivity index (χ3v) is 11.5. The summed E-state index contributed by atoms with van der Waals surface area (Å²) in [5, 5.41) is 0. The number of ether oxygens (including phenoxy) is 3. The van der Waals surface area contributed by atoms with Crippen molar-refractivity contribution in [2.75, 3.05) is 13.2 Å². The summed E-state index contributed by atoms with van der Waals surface area (Å²) < 4.78 is 16.8. The van der Waals surface area contributed by atoms with Crippen molar-refractivity contribution in [3.05, 3.63) is 0 Å². The summed E-state index contributed by atoms with van der Waals surface area (Å²) in [6.07, 6.45) is 43.7. The average Bonchev–Trinajstić information content (AvgIpc) is 3.18. The molecule has 0 N–H and O–H groups in total. The fourth-order valence-corrected chi connectivity index (χ4v) is 7.64. The number of rotatable bonds is 45. The van der Waals surface area contributed by atoms with Gasteiger partial charge < -0.3 is 14.2 Å². The first kappa shape index (κ1) is 55.4. The Labute approximate surface area is 355 Å². The molecule has 1 atom stereocenters. The van der Waals surface area contributed by atoms with Gasteiger partial charge in [0.25, 0.3) is 0 Å². The first-order chi connectivity index (χ1) is 27.7. The van der Waals surface area contributed by atoms with E-state index in [-0.39, 0.29) is 31.1 Å². The van der Waals surface area contributed by atoms with Crippen LogP contribution in [-0.4, -0.2) is 37.2 Å². The van der Waals surface area contributed by atoms with Gasteiger partial charge >= 0.3 is 17.9 Å². The summed E-state index contributed by atoms with van der Waals surface area (Å²) in [6, 6.07) is 0. The van der Waals surface area contributed by atoms with Gasteiger partial charge in [0.2, 0.25) is 0 Å². The Morgan fingerprint density at radius 3 is 0.860 bits per heavy atom. The summed E-state index contributed by atoms with van der Waals surface area (Å²) >= 11 is 0. The molecule has 0 spiro atoms. The lowest BCUT2D eigenvalue weighted by Crippen LogP contribution is -2.30. The van der Waals surface area contributed by atoms with Crippen molar-refractivity contribution in [2.45, 2.75) is 285 Å². The maximum Gasteiger partial charge on any atom is 0.306 e. The zero-order chi connectivity index (χ0) is 41.9. The second-order valence-electron chi connectivity index (χ2n) is 18.4. The number of hydrogen-bond acceptors (Lipinski definition) is 6. The minimum atomic E-state index is -0.760. The van der Waals surface area contributed by atoms with E-state index in [1.54, 1.807) is 0 Å². The number of esters is 3. The van der Waals surface area contributed by atoms with Crippen molar-refractivity contribution < 1.29 is 28.6 Å². The third-order valence-electron chi connectivity index (χ3n) is 11.5. The predicted molar refractivity (Wildman–Crippen MR) is 243 cm³/mol. The van der Waals surface area contributed by atoms with Crippen molar-refractivity contribution in [1.29, 1.82) is 0 Å². The van der Waals surface area contributed by atoms with Crippen LogP contribution in [-0.2, 0) is 28.6 Å². The van der Waals surface area contributed by atoms with Gasteiger partial charge in [-0.3, -0.25) is 14.4 Å². The van der Waals surface area contributed by atoms with Crippen LogP contribution >= 0.6 is 0 Å². The topological polar surface area (TPSA) is 78.9 Å². The minimum Gasteiger partial charge on any atom is -0.462 e. The molecule has 57 heavy (non-hydrogen) atoms. The van der Waals surface area contributed by atoms with Crippen molar-refractivity contribution in [3.63, 3.8) is 0 Å². The maximum atomic E-state index is 12.7. The van der Waals surface area contributed by atoms with Crippen LogP contribution in [0.4, 0.5) is 0 Å². The molecule has 0 saturated heterocycles. The molecule has 338 valence electrons. The van der Waals surface area contributed by atoms with E-state index < -0.39 is 6.10 Å². The molecule has 0 aliphatic rings. The molecule has 0 saturated carbocycles. The first-order valence-corrected chi connectivity index (χ1v) is 25.2. The van der Waals surface area contributed by atoms with Crippen LogP contribution in [0, 0.1) is 11.8 Å². The van der Waals surface area contributed by atoms with Crippen molar-refractivity contribution in [2.24, 2.45) is 11.8 Å². The van der Waals surface area contributed by atoms with Gasteiger partial charge in [-0.2, -0.15) is 0 Å². The van der Waals surface area contributed by atoms with E-state index in [1.807, 2.05) is 0 Å². The molecule has 6 nitrogen and oxygen atoms in total. The van der Waals surface area contributed by atoms with Crippen LogP contribution in [0.1, 0.15) is 279 Å². The quantitative estimate of drug-likeness (QED) is 0.0346. The molecule has 0 aromatic carbocycles. The predicted octanol–water partition coefficient (Wildman–Crippen LogP) is 16.1. The molecule has 0 bridgehead atoms. The van der Waals surface area contributed by atoms with Gasteiger partial charge in [-0.15, -0.1) is 0 Å².